The average Bonchev–Trinajstić information content (AvgIpc) is 3.03. The maximum absolute atomic E-state index is 15.2. The maximum Gasteiger partial charge on any atom is 0.432 e. The Hall–Kier alpha value is -3.95. The largest absolute Gasteiger partial charge is 0.432 e. The van der Waals surface area contributed by atoms with Crippen molar-refractivity contribution in [2.45, 2.75) is 83.2 Å². The second kappa shape index (κ2) is 15.1. The first-order valence-corrected chi connectivity index (χ1v) is 16.1. The van der Waals surface area contributed by atoms with Gasteiger partial charge >= 0.3 is 6.11 Å². The van der Waals surface area contributed by atoms with E-state index in [0.717, 1.165) is 37.2 Å². The van der Waals surface area contributed by atoms with Crippen molar-refractivity contribution in [2.24, 2.45) is 5.92 Å². The lowest BCUT2D eigenvalue weighted by Gasteiger charge is -2.29. The summed E-state index contributed by atoms with van der Waals surface area (Å²) in [6.45, 7) is 2.19. The summed E-state index contributed by atoms with van der Waals surface area (Å²) in [6, 6.07) is 10.7. The van der Waals surface area contributed by atoms with E-state index in [4.69, 9.17) is 0 Å². The summed E-state index contributed by atoms with van der Waals surface area (Å²) in [7, 11) is 0. The van der Waals surface area contributed by atoms with Crippen LogP contribution in [0.1, 0.15) is 86.5 Å². The van der Waals surface area contributed by atoms with Gasteiger partial charge in [0.2, 0.25) is 0 Å². The van der Waals surface area contributed by atoms with Crippen molar-refractivity contribution in [1.29, 1.82) is 0 Å². The van der Waals surface area contributed by atoms with Crippen LogP contribution in [0.15, 0.2) is 60.7 Å². The van der Waals surface area contributed by atoms with Gasteiger partial charge in [-0.25, -0.2) is 30.7 Å². The van der Waals surface area contributed by atoms with Crippen LogP contribution in [-0.2, 0) is 19.0 Å². The molecule has 0 N–H and O–H groups in total. The van der Waals surface area contributed by atoms with Crippen molar-refractivity contribution in [2.75, 3.05) is 0 Å². The van der Waals surface area contributed by atoms with Crippen molar-refractivity contribution in [1.82, 2.24) is 0 Å². The van der Waals surface area contributed by atoms with Crippen LogP contribution in [0.25, 0.3) is 11.1 Å². The first-order chi connectivity index (χ1) is 22.9. The predicted octanol–water partition coefficient (Wildman–Crippen LogP) is 12.1. The summed E-state index contributed by atoms with van der Waals surface area (Å²) in [5, 5.41) is 0. The zero-order valence-corrected chi connectivity index (χ0v) is 26.3. The number of benzene rings is 4. The molecular formula is C38H35F9O. The maximum atomic E-state index is 15.2. The highest BCUT2D eigenvalue weighted by Gasteiger charge is 2.41. The Morgan fingerprint density at radius 2 is 1.33 bits per heavy atom. The van der Waals surface area contributed by atoms with Gasteiger partial charge in [-0.1, -0.05) is 56.9 Å². The van der Waals surface area contributed by atoms with Crippen LogP contribution in [0.4, 0.5) is 39.5 Å². The number of aryl methyl sites for hydroxylation is 2. The lowest BCUT2D eigenvalue weighted by atomic mass is 9.77. The van der Waals surface area contributed by atoms with Gasteiger partial charge in [0.05, 0.1) is 0 Å². The number of ether oxygens (including phenoxy) is 1. The molecule has 1 nitrogen and oxygen atoms in total. The van der Waals surface area contributed by atoms with Gasteiger partial charge in [-0.05, 0) is 96.9 Å². The molecule has 256 valence electrons. The van der Waals surface area contributed by atoms with Crippen LogP contribution in [0.2, 0.25) is 0 Å². The highest BCUT2D eigenvalue weighted by Crippen LogP contribution is 2.40. The Morgan fingerprint density at radius 3 is 1.94 bits per heavy atom. The van der Waals surface area contributed by atoms with E-state index in [-0.39, 0.29) is 41.7 Å². The molecule has 0 amide bonds. The van der Waals surface area contributed by atoms with E-state index in [1.807, 2.05) is 6.07 Å². The van der Waals surface area contributed by atoms with Crippen LogP contribution in [0.3, 0.4) is 0 Å². The third kappa shape index (κ3) is 8.18. The molecule has 0 spiro atoms. The minimum absolute atomic E-state index is 0.0616. The third-order valence-corrected chi connectivity index (χ3v) is 9.17. The molecule has 0 unspecified atom stereocenters. The van der Waals surface area contributed by atoms with Gasteiger partial charge in [0.15, 0.2) is 17.5 Å². The van der Waals surface area contributed by atoms with Crippen molar-refractivity contribution in [3.05, 3.63) is 124 Å². The zero-order valence-electron chi connectivity index (χ0n) is 26.3. The van der Waals surface area contributed by atoms with Gasteiger partial charge in [-0.15, -0.1) is 0 Å². The molecule has 1 aliphatic rings. The first kappa shape index (κ1) is 35.4. The van der Waals surface area contributed by atoms with E-state index in [1.165, 1.54) is 43.9 Å². The average molecular weight is 679 g/mol. The molecule has 1 saturated carbocycles. The van der Waals surface area contributed by atoms with E-state index in [1.54, 1.807) is 12.1 Å². The smallest absolute Gasteiger partial charge is 0.429 e. The molecule has 5 rings (SSSR count). The summed E-state index contributed by atoms with van der Waals surface area (Å²) in [5.74, 6) is -10.3. The number of halogens is 9. The van der Waals surface area contributed by atoms with Crippen LogP contribution in [-0.4, -0.2) is 0 Å². The van der Waals surface area contributed by atoms with Crippen LogP contribution in [0, 0.1) is 46.6 Å². The summed E-state index contributed by atoms with van der Waals surface area (Å²) < 4.78 is 133. The van der Waals surface area contributed by atoms with E-state index in [0.29, 0.717) is 23.6 Å². The molecule has 0 radical (unpaired) electrons. The molecule has 4 aromatic rings. The summed E-state index contributed by atoms with van der Waals surface area (Å²) in [4.78, 5) is 0. The molecule has 0 bridgehead atoms. The van der Waals surface area contributed by atoms with E-state index >= 15 is 8.78 Å². The molecule has 0 aromatic heterocycles. The quantitative estimate of drug-likeness (QED) is 0.0823. The van der Waals surface area contributed by atoms with Gasteiger partial charge in [0, 0.05) is 17.7 Å². The summed E-state index contributed by atoms with van der Waals surface area (Å²) >= 11 is 0. The Bertz CT molecular complexity index is 1700. The van der Waals surface area contributed by atoms with E-state index in [2.05, 4.69) is 11.7 Å². The second-order valence-corrected chi connectivity index (χ2v) is 12.5. The Morgan fingerprint density at radius 1 is 0.667 bits per heavy atom. The standard InChI is InChI=1S/C38H35F9O/c1-2-3-4-5-22-6-9-24(10-7-22)26-14-15-29(31(40)18-26)27-13-12-25(30(39)19-27)11-8-23-16-32(41)36(33(42)17-23)38(46,47)48-28-20-34(43)37(45)35(44)21-28/h12-22,24H,2-11H2,1H3. The third-order valence-electron chi connectivity index (χ3n) is 9.17. The number of hydrogen-bond acceptors (Lipinski definition) is 1. The highest BCUT2D eigenvalue weighted by atomic mass is 19.3. The normalized spacial score (nSPS) is 16.7. The molecule has 48 heavy (non-hydrogen) atoms. The SMILES string of the molecule is CCCCCC1CCC(c2ccc(-c3ccc(CCc4cc(F)c(C(F)(F)Oc5cc(F)c(F)c(F)c5)c(F)c4)c(F)c3)c(F)c2)CC1. The first-order valence-electron chi connectivity index (χ1n) is 16.1. The van der Waals surface area contributed by atoms with Gasteiger partial charge in [0.1, 0.15) is 34.6 Å². The van der Waals surface area contributed by atoms with E-state index < -0.39 is 58.1 Å². The molecular weight excluding hydrogens is 643 g/mol. The number of unbranched alkanes of at least 4 members (excludes halogenated alkanes) is 2. The topological polar surface area (TPSA) is 9.23 Å². The Kier molecular flexibility index (Phi) is 11.1. The lowest BCUT2D eigenvalue weighted by molar-refractivity contribution is -0.189. The van der Waals surface area contributed by atoms with Crippen LogP contribution < -0.4 is 4.74 Å². The van der Waals surface area contributed by atoms with Gasteiger partial charge < -0.3 is 4.74 Å². The van der Waals surface area contributed by atoms with Crippen LogP contribution in [0.5, 0.6) is 5.75 Å². The van der Waals surface area contributed by atoms with E-state index in [9.17, 15) is 30.7 Å². The molecule has 4 aromatic carbocycles. The summed E-state index contributed by atoms with van der Waals surface area (Å²) in [5.41, 5.74) is -0.242. The predicted molar refractivity (Wildman–Crippen MR) is 165 cm³/mol. The monoisotopic (exact) mass is 678 g/mol. The molecule has 0 heterocycles. The summed E-state index contributed by atoms with van der Waals surface area (Å²) in [6.07, 6.45) is 4.34. The Labute approximate surface area is 273 Å². The van der Waals surface area contributed by atoms with Crippen LogP contribution >= 0.6 is 0 Å². The number of rotatable bonds is 12. The second-order valence-electron chi connectivity index (χ2n) is 12.5. The molecule has 10 heteroatoms. The minimum atomic E-state index is -4.72. The van der Waals surface area contributed by atoms with Gasteiger partial charge in [-0.3, -0.25) is 0 Å². The van der Waals surface area contributed by atoms with Crippen molar-refractivity contribution < 1.29 is 44.3 Å². The molecule has 0 saturated heterocycles. The molecule has 1 fully saturated rings. The van der Waals surface area contributed by atoms with Crippen molar-refractivity contribution in [3.8, 4) is 16.9 Å². The van der Waals surface area contributed by atoms with Crippen molar-refractivity contribution in [3.63, 3.8) is 0 Å². The fourth-order valence-electron chi connectivity index (χ4n) is 6.52. The lowest BCUT2D eigenvalue weighted by Crippen LogP contribution is -2.25. The van der Waals surface area contributed by atoms with Crippen molar-refractivity contribution >= 4 is 0 Å². The molecule has 1 aliphatic carbocycles. The Balaban J connectivity index is 1.22. The van der Waals surface area contributed by atoms with Gasteiger partial charge in [-0.2, -0.15) is 8.78 Å². The fourth-order valence-corrected chi connectivity index (χ4v) is 6.52. The number of alkyl halides is 2. The van der Waals surface area contributed by atoms with Gasteiger partial charge in [0.25, 0.3) is 0 Å². The minimum Gasteiger partial charge on any atom is -0.429 e. The highest BCUT2D eigenvalue weighted by molar-refractivity contribution is 5.65. The fraction of sp³-hybridized carbons (Fsp3) is 0.368. The molecule has 0 aliphatic heterocycles. The molecule has 0 atom stereocenters. The zero-order chi connectivity index (χ0) is 34.6. The number of hydrogen-bond donors (Lipinski definition) is 0.